The highest BCUT2D eigenvalue weighted by atomic mass is 32.2. The lowest BCUT2D eigenvalue weighted by Crippen LogP contribution is -2.03. The Labute approximate surface area is 111 Å². The number of thiazole rings is 1. The lowest BCUT2D eigenvalue weighted by atomic mass is 10.2. The summed E-state index contributed by atoms with van der Waals surface area (Å²) in [6, 6.07) is 5.10. The molecule has 0 amide bonds. The van der Waals surface area contributed by atoms with Gasteiger partial charge in [-0.1, -0.05) is 6.07 Å². The average molecular weight is 282 g/mol. The van der Waals surface area contributed by atoms with Crippen molar-refractivity contribution in [2.24, 2.45) is 0 Å². The minimum absolute atomic E-state index is 0.328. The zero-order valence-corrected chi connectivity index (χ0v) is 11.8. The van der Waals surface area contributed by atoms with Gasteiger partial charge in [0.1, 0.15) is 5.01 Å². The Bertz CT molecular complexity index is 634. The molecule has 1 aromatic carbocycles. The molecule has 0 spiro atoms. The summed E-state index contributed by atoms with van der Waals surface area (Å²) < 4.78 is 23.0. The third kappa shape index (κ3) is 3.08. The van der Waals surface area contributed by atoms with E-state index in [2.05, 4.69) is 10.3 Å². The highest BCUT2D eigenvalue weighted by Crippen LogP contribution is 2.21. The minimum atomic E-state index is -3.17. The Morgan fingerprint density at radius 2 is 2.17 bits per heavy atom. The Balaban J connectivity index is 2.22. The van der Waals surface area contributed by atoms with Gasteiger partial charge in [0.2, 0.25) is 0 Å². The van der Waals surface area contributed by atoms with Gasteiger partial charge in [0, 0.05) is 23.5 Å². The van der Waals surface area contributed by atoms with Gasteiger partial charge in [-0.05, 0) is 24.6 Å². The standard InChI is InChI=1S/C12H14N2O2S2/c1-9-3-4-10(18(2,15)16)7-11(9)14-8-12-13-5-6-17-12/h3-7,14H,8H2,1-2H3. The number of hydrogen-bond donors (Lipinski definition) is 1. The third-order valence-electron chi connectivity index (χ3n) is 2.55. The van der Waals surface area contributed by atoms with Crippen LogP contribution < -0.4 is 5.32 Å². The molecule has 1 N–H and O–H groups in total. The normalized spacial score (nSPS) is 11.4. The van der Waals surface area contributed by atoms with E-state index in [1.54, 1.807) is 35.7 Å². The second-order valence-electron chi connectivity index (χ2n) is 4.03. The van der Waals surface area contributed by atoms with Crippen LogP contribution in [0.25, 0.3) is 0 Å². The first kappa shape index (κ1) is 13.0. The summed E-state index contributed by atoms with van der Waals surface area (Å²) in [6.07, 6.45) is 2.96. The third-order valence-corrected chi connectivity index (χ3v) is 4.44. The van der Waals surface area contributed by atoms with Gasteiger partial charge in [0.25, 0.3) is 0 Å². The summed E-state index contributed by atoms with van der Waals surface area (Å²) >= 11 is 1.57. The number of anilines is 1. The van der Waals surface area contributed by atoms with Gasteiger partial charge in [-0.15, -0.1) is 11.3 Å². The number of sulfone groups is 1. The Morgan fingerprint density at radius 1 is 1.39 bits per heavy atom. The Kier molecular flexibility index (Phi) is 3.68. The van der Waals surface area contributed by atoms with Gasteiger partial charge in [-0.2, -0.15) is 0 Å². The maximum atomic E-state index is 11.5. The zero-order valence-electron chi connectivity index (χ0n) is 10.2. The second kappa shape index (κ2) is 5.07. The molecule has 96 valence electrons. The maximum Gasteiger partial charge on any atom is 0.175 e. The number of nitrogens with zero attached hydrogens (tertiary/aromatic N) is 1. The van der Waals surface area contributed by atoms with Gasteiger partial charge in [0.05, 0.1) is 11.4 Å². The van der Waals surface area contributed by atoms with E-state index in [4.69, 9.17) is 0 Å². The van der Waals surface area contributed by atoms with Crippen molar-refractivity contribution < 1.29 is 8.42 Å². The number of rotatable bonds is 4. The highest BCUT2D eigenvalue weighted by molar-refractivity contribution is 7.90. The van der Waals surface area contributed by atoms with Crippen molar-refractivity contribution in [3.8, 4) is 0 Å². The van der Waals surface area contributed by atoms with E-state index in [1.807, 2.05) is 12.3 Å². The monoisotopic (exact) mass is 282 g/mol. The summed E-state index contributed by atoms with van der Waals surface area (Å²) in [6.45, 7) is 2.54. The van der Waals surface area contributed by atoms with E-state index in [0.29, 0.717) is 11.4 Å². The topological polar surface area (TPSA) is 59.1 Å². The minimum Gasteiger partial charge on any atom is -0.378 e. The van der Waals surface area contributed by atoms with E-state index in [9.17, 15) is 8.42 Å². The van der Waals surface area contributed by atoms with Crippen LogP contribution in [-0.4, -0.2) is 19.7 Å². The average Bonchev–Trinajstić information content (AvgIpc) is 2.79. The van der Waals surface area contributed by atoms with E-state index in [0.717, 1.165) is 16.3 Å². The van der Waals surface area contributed by atoms with Crippen molar-refractivity contribution in [3.05, 3.63) is 40.3 Å². The van der Waals surface area contributed by atoms with Gasteiger partial charge in [-0.3, -0.25) is 0 Å². The van der Waals surface area contributed by atoms with E-state index >= 15 is 0 Å². The first-order chi connectivity index (χ1) is 8.47. The summed E-state index contributed by atoms with van der Waals surface area (Å²) in [7, 11) is -3.17. The zero-order chi connectivity index (χ0) is 13.2. The van der Waals surface area contributed by atoms with Crippen molar-refractivity contribution in [1.82, 2.24) is 4.98 Å². The van der Waals surface area contributed by atoms with Crippen LogP contribution in [0.5, 0.6) is 0 Å². The van der Waals surface area contributed by atoms with Crippen molar-refractivity contribution in [2.45, 2.75) is 18.4 Å². The number of aryl methyl sites for hydroxylation is 1. The van der Waals surface area contributed by atoms with Crippen LogP contribution in [0.4, 0.5) is 5.69 Å². The molecule has 0 fully saturated rings. The first-order valence-corrected chi connectivity index (χ1v) is 8.17. The molecule has 2 rings (SSSR count). The number of benzene rings is 1. The molecule has 0 aliphatic heterocycles. The lowest BCUT2D eigenvalue weighted by Gasteiger charge is -2.09. The van der Waals surface area contributed by atoms with Crippen LogP contribution in [0.15, 0.2) is 34.7 Å². The second-order valence-corrected chi connectivity index (χ2v) is 7.02. The van der Waals surface area contributed by atoms with E-state index in [-0.39, 0.29) is 0 Å². The van der Waals surface area contributed by atoms with Crippen molar-refractivity contribution in [3.63, 3.8) is 0 Å². The Hall–Kier alpha value is -1.40. The molecule has 0 aliphatic carbocycles. The summed E-state index contributed by atoms with van der Waals surface area (Å²) in [5.41, 5.74) is 1.84. The Morgan fingerprint density at radius 3 is 2.78 bits per heavy atom. The quantitative estimate of drug-likeness (QED) is 0.936. The molecule has 18 heavy (non-hydrogen) atoms. The molecule has 0 radical (unpaired) electrons. The number of aromatic nitrogens is 1. The van der Waals surface area contributed by atoms with E-state index < -0.39 is 9.84 Å². The largest absolute Gasteiger partial charge is 0.378 e. The summed E-state index contributed by atoms with van der Waals surface area (Å²) in [4.78, 5) is 4.50. The van der Waals surface area contributed by atoms with E-state index in [1.165, 1.54) is 6.26 Å². The van der Waals surface area contributed by atoms with Gasteiger partial charge >= 0.3 is 0 Å². The van der Waals surface area contributed by atoms with Crippen LogP contribution in [0.2, 0.25) is 0 Å². The summed E-state index contributed by atoms with van der Waals surface area (Å²) in [5.74, 6) is 0. The van der Waals surface area contributed by atoms with Crippen molar-refractivity contribution in [2.75, 3.05) is 11.6 Å². The molecular weight excluding hydrogens is 268 g/mol. The van der Waals surface area contributed by atoms with Gasteiger partial charge in [-0.25, -0.2) is 13.4 Å². The van der Waals surface area contributed by atoms with Crippen molar-refractivity contribution in [1.29, 1.82) is 0 Å². The number of nitrogens with one attached hydrogen (secondary N) is 1. The molecule has 0 atom stereocenters. The predicted octanol–water partition coefficient (Wildman–Crippen LogP) is 2.47. The fraction of sp³-hybridized carbons (Fsp3) is 0.250. The highest BCUT2D eigenvalue weighted by Gasteiger charge is 2.09. The first-order valence-electron chi connectivity index (χ1n) is 5.40. The molecule has 1 aromatic heterocycles. The molecule has 2 aromatic rings. The van der Waals surface area contributed by atoms with Gasteiger partial charge in [0.15, 0.2) is 9.84 Å². The van der Waals surface area contributed by atoms with Crippen LogP contribution in [0, 0.1) is 6.92 Å². The maximum absolute atomic E-state index is 11.5. The fourth-order valence-electron chi connectivity index (χ4n) is 1.53. The summed E-state index contributed by atoms with van der Waals surface area (Å²) in [5, 5.41) is 6.10. The lowest BCUT2D eigenvalue weighted by molar-refractivity contribution is 0.602. The van der Waals surface area contributed by atoms with Crippen LogP contribution in [0.1, 0.15) is 10.6 Å². The molecule has 6 heteroatoms. The molecule has 1 heterocycles. The molecule has 0 saturated heterocycles. The molecule has 0 saturated carbocycles. The molecule has 0 aliphatic rings. The number of hydrogen-bond acceptors (Lipinski definition) is 5. The molecular formula is C12H14N2O2S2. The predicted molar refractivity (Wildman–Crippen MR) is 73.7 cm³/mol. The molecule has 0 bridgehead atoms. The SMILES string of the molecule is Cc1ccc(S(C)(=O)=O)cc1NCc1nccs1. The van der Waals surface area contributed by atoms with Gasteiger partial charge < -0.3 is 5.32 Å². The fourth-order valence-corrected chi connectivity index (χ4v) is 2.74. The molecule has 0 unspecified atom stereocenters. The van der Waals surface area contributed by atoms with Crippen LogP contribution in [-0.2, 0) is 16.4 Å². The van der Waals surface area contributed by atoms with Crippen molar-refractivity contribution >= 4 is 26.9 Å². The smallest absolute Gasteiger partial charge is 0.175 e. The molecule has 4 nitrogen and oxygen atoms in total. The van der Waals surface area contributed by atoms with Crippen LogP contribution in [0.3, 0.4) is 0 Å². The van der Waals surface area contributed by atoms with Crippen LogP contribution >= 0.6 is 11.3 Å².